The highest BCUT2D eigenvalue weighted by Gasteiger charge is 2.27. The Morgan fingerprint density at radius 1 is 1.30 bits per heavy atom. The van der Waals surface area contributed by atoms with Crippen molar-refractivity contribution < 1.29 is 23.0 Å². The van der Waals surface area contributed by atoms with Gasteiger partial charge in [-0.3, -0.25) is 4.40 Å². The topological polar surface area (TPSA) is 65.2 Å². The van der Waals surface area contributed by atoms with Crippen LogP contribution in [-0.2, 0) is 9.53 Å². The molecule has 0 atom stereocenters. The minimum absolute atomic E-state index is 0.0607. The van der Waals surface area contributed by atoms with Crippen LogP contribution in [0.4, 0.5) is 8.78 Å². The average Bonchev–Trinajstić information content (AvgIpc) is 3.22. The molecule has 6 nitrogen and oxygen atoms in total. The number of carbonyl (C=O) groups excluding carboxylic acids is 1. The zero-order valence-electron chi connectivity index (χ0n) is 14.3. The van der Waals surface area contributed by atoms with Gasteiger partial charge in [-0.05, 0) is 32.1 Å². The maximum Gasteiger partial charge on any atom is 0.387 e. The van der Waals surface area contributed by atoms with Gasteiger partial charge in [0.05, 0.1) is 17.0 Å². The van der Waals surface area contributed by atoms with Crippen molar-refractivity contribution in [2.45, 2.75) is 20.5 Å². The molecule has 0 saturated carbocycles. The first-order valence-electron chi connectivity index (χ1n) is 7.94. The molecule has 0 radical (unpaired) electrons. The Kier molecular flexibility index (Phi) is 4.23. The molecule has 2 aromatic heterocycles. The van der Waals surface area contributed by atoms with E-state index in [9.17, 15) is 13.6 Å². The maximum absolute atomic E-state index is 12.6. The number of benzene rings is 1. The predicted octanol–water partition coefficient (Wildman–Crippen LogP) is 3.96. The van der Waals surface area contributed by atoms with Gasteiger partial charge in [-0.2, -0.15) is 8.78 Å². The number of aromatic nitrogens is 2. The molecule has 1 aromatic carbocycles. The summed E-state index contributed by atoms with van der Waals surface area (Å²) in [5, 5.41) is 0. The monoisotopic (exact) mass is 389 g/mol. The highest BCUT2D eigenvalue weighted by Crippen LogP contribution is 2.28. The molecule has 0 fully saturated rings. The number of hydrogen-bond donors (Lipinski definition) is 0. The van der Waals surface area contributed by atoms with E-state index in [1.165, 1.54) is 23.5 Å². The zero-order valence-corrected chi connectivity index (χ0v) is 15.1. The predicted molar refractivity (Wildman–Crippen MR) is 96.2 cm³/mol. The van der Waals surface area contributed by atoms with Crippen molar-refractivity contribution in [2.75, 3.05) is 0 Å². The number of para-hydroxylation sites is 1. The van der Waals surface area contributed by atoms with Crippen LogP contribution in [0.1, 0.15) is 21.8 Å². The van der Waals surface area contributed by atoms with E-state index in [0.29, 0.717) is 5.69 Å². The summed E-state index contributed by atoms with van der Waals surface area (Å²) in [6.07, 6.45) is 3.50. The third-order valence-electron chi connectivity index (χ3n) is 3.89. The normalized spacial score (nSPS) is 15.7. The second-order valence-corrected chi connectivity index (χ2v) is 7.00. The smallest absolute Gasteiger partial charge is 0.387 e. The van der Waals surface area contributed by atoms with Crippen LogP contribution in [0.2, 0.25) is 0 Å². The first-order chi connectivity index (χ1) is 12.9. The molecule has 0 saturated heterocycles. The van der Waals surface area contributed by atoms with Crippen molar-refractivity contribution in [3.63, 3.8) is 0 Å². The fourth-order valence-electron chi connectivity index (χ4n) is 2.75. The molecular weight excluding hydrogens is 376 g/mol. The van der Waals surface area contributed by atoms with E-state index in [1.807, 2.05) is 24.4 Å². The number of alkyl halides is 2. The molecule has 4 rings (SSSR count). The number of thiazole rings is 1. The van der Waals surface area contributed by atoms with Gasteiger partial charge in [-0.25, -0.2) is 14.8 Å². The molecule has 0 unspecified atom stereocenters. The molecule has 3 heterocycles. The van der Waals surface area contributed by atoms with Crippen LogP contribution in [0.3, 0.4) is 0 Å². The molecule has 3 aromatic rings. The number of ether oxygens (including phenoxy) is 2. The number of aliphatic imine (C=N–C) groups is 1. The lowest BCUT2D eigenvalue weighted by molar-refractivity contribution is -0.129. The molecule has 27 heavy (non-hydrogen) atoms. The summed E-state index contributed by atoms with van der Waals surface area (Å²) in [4.78, 5) is 22.8. The van der Waals surface area contributed by atoms with Crippen LogP contribution >= 0.6 is 11.3 Å². The van der Waals surface area contributed by atoms with Gasteiger partial charge < -0.3 is 9.47 Å². The van der Waals surface area contributed by atoms with E-state index in [1.54, 1.807) is 18.2 Å². The molecule has 1 aliphatic rings. The first-order valence-corrected chi connectivity index (χ1v) is 8.76. The van der Waals surface area contributed by atoms with E-state index in [-0.39, 0.29) is 22.9 Å². The number of esters is 1. The second kappa shape index (κ2) is 6.58. The van der Waals surface area contributed by atoms with Gasteiger partial charge >= 0.3 is 12.6 Å². The van der Waals surface area contributed by atoms with E-state index in [4.69, 9.17) is 4.74 Å². The Bertz CT molecular complexity index is 1110. The molecule has 0 amide bonds. The number of hydrogen-bond acceptors (Lipinski definition) is 6. The Morgan fingerprint density at radius 3 is 2.85 bits per heavy atom. The number of halogens is 2. The Morgan fingerprint density at radius 2 is 2.07 bits per heavy atom. The molecule has 0 aliphatic carbocycles. The van der Waals surface area contributed by atoms with E-state index < -0.39 is 12.6 Å². The van der Waals surface area contributed by atoms with Crippen molar-refractivity contribution in [2.24, 2.45) is 4.99 Å². The highest BCUT2D eigenvalue weighted by atomic mass is 32.1. The van der Waals surface area contributed by atoms with Gasteiger partial charge in [-0.15, -0.1) is 11.3 Å². The second-order valence-electron chi connectivity index (χ2n) is 5.79. The maximum atomic E-state index is 12.6. The number of carbonyl (C=O) groups is 1. The van der Waals surface area contributed by atoms with Gasteiger partial charge in [0.1, 0.15) is 5.75 Å². The van der Waals surface area contributed by atoms with Gasteiger partial charge in [0, 0.05) is 11.1 Å². The van der Waals surface area contributed by atoms with Gasteiger partial charge in [0.15, 0.2) is 10.7 Å². The van der Waals surface area contributed by atoms with Gasteiger partial charge in [0.2, 0.25) is 5.90 Å². The van der Waals surface area contributed by atoms with Crippen molar-refractivity contribution in [1.82, 2.24) is 9.38 Å². The standard InChI is InChI=1S/C18H13F2N3O3S/c1-9-8-23-13(10(2)21-18(23)27-9)7-12-16(24)26-15(22-12)11-5-3-4-6-14(11)25-17(19)20/h3-8,17H,1-2H3. The highest BCUT2D eigenvalue weighted by molar-refractivity contribution is 7.17. The van der Waals surface area contributed by atoms with Gasteiger partial charge in [0.25, 0.3) is 0 Å². The summed E-state index contributed by atoms with van der Waals surface area (Å²) in [7, 11) is 0. The van der Waals surface area contributed by atoms with Crippen molar-refractivity contribution >= 4 is 34.2 Å². The summed E-state index contributed by atoms with van der Waals surface area (Å²) in [5.74, 6) is -0.864. The molecule has 0 spiro atoms. The Labute approximate surface area is 156 Å². The van der Waals surface area contributed by atoms with Crippen molar-refractivity contribution in [3.8, 4) is 5.75 Å². The van der Waals surface area contributed by atoms with Crippen LogP contribution in [0.15, 0.2) is 41.2 Å². The third kappa shape index (κ3) is 3.21. The van der Waals surface area contributed by atoms with Crippen LogP contribution in [0, 0.1) is 13.8 Å². The summed E-state index contributed by atoms with van der Waals surface area (Å²) in [6.45, 7) is 0.799. The Balaban J connectivity index is 1.75. The van der Waals surface area contributed by atoms with Crippen LogP contribution in [0.25, 0.3) is 11.0 Å². The lowest BCUT2D eigenvalue weighted by Crippen LogP contribution is -2.10. The minimum atomic E-state index is -3.00. The minimum Gasteiger partial charge on any atom is -0.434 e. The summed E-state index contributed by atoms with van der Waals surface area (Å²) in [5.41, 5.74) is 1.69. The molecule has 0 bridgehead atoms. The van der Waals surface area contributed by atoms with Crippen LogP contribution < -0.4 is 4.74 Å². The summed E-state index contributed by atoms with van der Waals surface area (Å²) in [6, 6.07) is 6.01. The quantitative estimate of drug-likeness (QED) is 0.501. The molecule has 138 valence electrons. The lowest BCUT2D eigenvalue weighted by Gasteiger charge is -2.08. The van der Waals surface area contributed by atoms with E-state index in [2.05, 4.69) is 14.7 Å². The summed E-state index contributed by atoms with van der Waals surface area (Å²) < 4.78 is 36.7. The SMILES string of the molecule is Cc1cn2c(C=C3N=C(c4ccccc4OC(F)F)OC3=O)c(C)nc2s1. The van der Waals surface area contributed by atoms with Gasteiger partial charge in [-0.1, -0.05) is 12.1 Å². The molecular formula is C18H13F2N3O3S. The molecule has 0 N–H and O–H groups in total. The van der Waals surface area contributed by atoms with E-state index >= 15 is 0 Å². The van der Waals surface area contributed by atoms with Crippen molar-refractivity contribution in [1.29, 1.82) is 0 Å². The third-order valence-corrected chi connectivity index (χ3v) is 4.79. The molecule has 9 heteroatoms. The fourth-order valence-corrected chi connectivity index (χ4v) is 3.63. The molecule has 1 aliphatic heterocycles. The van der Waals surface area contributed by atoms with Crippen LogP contribution in [0.5, 0.6) is 5.75 Å². The number of rotatable bonds is 4. The number of cyclic esters (lactones) is 1. The van der Waals surface area contributed by atoms with E-state index in [0.717, 1.165) is 15.5 Å². The fraction of sp³-hybridized carbons (Fsp3) is 0.167. The number of nitrogens with zero attached hydrogens (tertiary/aromatic N) is 3. The number of imidazole rings is 1. The number of fused-ring (bicyclic) bond motifs is 1. The number of aryl methyl sites for hydroxylation is 2. The van der Waals surface area contributed by atoms with Crippen molar-refractivity contribution in [3.05, 3.63) is 58.0 Å². The Hall–Kier alpha value is -3.07. The zero-order chi connectivity index (χ0) is 19.1. The summed E-state index contributed by atoms with van der Waals surface area (Å²) >= 11 is 1.53. The largest absolute Gasteiger partial charge is 0.434 e. The van der Waals surface area contributed by atoms with Crippen LogP contribution in [-0.4, -0.2) is 27.9 Å². The average molecular weight is 389 g/mol. The lowest BCUT2D eigenvalue weighted by atomic mass is 10.2. The first kappa shape index (κ1) is 17.3.